The molecule has 3 heterocycles. The van der Waals surface area contributed by atoms with Gasteiger partial charge in [-0.2, -0.15) is 4.98 Å². The number of amides is 1. The number of rotatable bonds is 8. The van der Waals surface area contributed by atoms with Crippen molar-refractivity contribution >= 4 is 29.1 Å². The summed E-state index contributed by atoms with van der Waals surface area (Å²) in [5, 5.41) is 18.2. The molecular formula is C36H34Cl2N4O4. The summed E-state index contributed by atoms with van der Waals surface area (Å²) in [6.07, 6.45) is 2.80. The Labute approximate surface area is 277 Å². The Kier molecular flexibility index (Phi) is 8.53. The molecule has 0 saturated carbocycles. The van der Waals surface area contributed by atoms with Gasteiger partial charge in [-0.15, -0.1) is 0 Å². The molecule has 1 aliphatic rings. The van der Waals surface area contributed by atoms with Crippen molar-refractivity contribution in [2.75, 3.05) is 6.54 Å². The number of aromatic nitrogens is 3. The molecule has 0 radical (unpaired) electrons. The minimum Gasteiger partial charge on any atom is -0.507 e. The molecule has 0 spiro atoms. The molecule has 0 aliphatic carbocycles. The van der Waals surface area contributed by atoms with Crippen LogP contribution in [-0.4, -0.2) is 38.3 Å². The average Bonchev–Trinajstić information content (AvgIpc) is 3.55. The summed E-state index contributed by atoms with van der Waals surface area (Å²) in [6.45, 7) is 8.82. The maximum atomic E-state index is 12.9. The zero-order valence-electron chi connectivity index (χ0n) is 26.0. The summed E-state index contributed by atoms with van der Waals surface area (Å²) in [6, 6.07) is 21.9. The van der Waals surface area contributed by atoms with Crippen molar-refractivity contribution in [3.8, 4) is 45.4 Å². The van der Waals surface area contributed by atoms with Crippen LogP contribution in [0.25, 0.3) is 33.8 Å². The summed E-state index contributed by atoms with van der Waals surface area (Å²) >= 11 is 13.2. The van der Waals surface area contributed by atoms with Gasteiger partial charge in [-0.05, 0) is 80.0 Å². The standard InChI is InChI=1S/C36H34Cl2N4O4/c1-35(2,19-39-33(44)26-7-5-6-8-30(26)43)17-23-18-36(3,4)46-34-28(23)16-27(21-9-12-24(37)13-10-21)31(41-34)25-14-11-22(15-29(25)38)32-40-20-45-42-32/h5-16,20,23,43H,17-19H2,1-4H3,(H,39,44). The first-order valence-corrected chi connectivity index (χ1v) is 15.8. The molecule has 236 valence electrons. The van der Waals surface area contributed by atoms with Crippen LogP contribution in [0, 0.1) is 5.41 Å². The quantitative estimate of drug-likeness (QED) is 0.171. The van der Waals surface area contributed by atoms with Crippen molar-refractivity contribution in [1.29, 1.82) is 0 Å². The number of fused-ring (bicyclic) bond motifs is 1. The highest BCUT2D eigenvalue weighted by Crippen LogP contribution is 2.48. The van der Waals surface area contributed by atoms with Gasteiger partial charge in [0.2, 0.25) is 18.1 Å². The van der Waals surface area contributed by atoms with Gasteiger partial charge < -0.3 is 19.7 Å². The predicted molar refractivity (Wildman–Crippen MR) is 179 cm³/mol. The van der Waals surface area contributed by atoms with E-state index in [1.54, 1.807) is 24.3 Å². The van der Waals surface area contributed by atoms with Crippen LogP contribution in [0.3, 0.4) is 0 Å². The smallest absolute Gasteiger partial charge is 0.255 e. The minimum atomic E-state index is -0.481. The summed E-state index contributed by atoms with van der Waals surface area (Å²) in [7, 11) is 0. The fourth-order valence-electron chi connectivity index (χ4n) is 6.09. The van der Waals surface area contributed by atoms with E-state index in [9.17, 15) is 9.90 Å². The molecule has 0 saturated heterocycles. The maximum absolute atomic E-state index is 12.9. The van der Waals surface area contributed by atoms with Gasteiger partial charge >= 0.3 is 0 Å². The van der Waals surface area contributed by atoms with Crippen LogP contribution in [0.15, 0.2) is 83.7 Å². The second-order valence-electron chi connectivity index (χ2n) is 13.1. The third-order valence-corrected chi connectivity index (χ3v) is 8.80. The van der Waals surface area contributed by atoms with Crippen LogP contribution in [0.1, 0.15) is 62.4 Å². The Morgan fingerprint density at radius 1 is 1.02 bits per heavy atom. The molecule has 3 aromatic carbocycles. The van der Waals surface area contributed by atoms with E-state index >= 15 is 0 Å². The van der Waals surface area contributed by atoms with E-state index in [1.165, 1.54) is 12.5 Å². The molecule has 1 aliphatic heterocycles. The molecule has 6 rings (SSSR count). The number of ether oxygens (including phenoxy) is 1. The molecule has 10 heteroatoms. The largest absolute Gasteiger partial charge is 0.507 e. The number of hydrogen-bond donors (Lipinski definition) is 2. The monoisotopic (exact) mass is 656 g/mol. The van der Waals surface area contributed by atoms with E-state index < -0.39 is 5.60 Å². The summed E-state index contributed by atoms with van der Waals surface area (Å²) < 4.78 is 11.4. The Morgan fingerprint density at radius 2 is 1.76 bits per heavy atom. The molecule has 2 N–H and O–H groups in total. The van der Waals surface area contributed by atoms with Crippen LogP contribution in [0.5, 0.6) is 11.6 Å². The van der Waals surface area contributed by atoms with Crippen LogP contribution < -0.4 is 10.1 Å². The van der Waals surface area contributed by atoms with E-state index in [0.29, 0.717) is 34.0 Å². The molecule has 0 bridgehead atoms. The Bertz CT molecular complexity index is 1890. The van der Waals surface area contributed by atoms with Crippen LogP contribution in [0.2, 0.25) is 10.0 Å². The lowest BCUT2D eigenvalue weighted by atomic mass is 9.74. The second-order valence-corrected chi connectivity index (χ2v) is 13.9. The van der Waals surface area contributed by atoms with Gasteiger partial charge in [-0.25, -0.2) is 4.98 Å². The van der Waals surface area contributed by atoms with E-state index in [4.69, 9.17) is 37.4 Å². The SMILES string of the molecule is CC(C)(CNC(=O)c1ccccc1O)CC1CC(C)(C)Oc2nc(-c3ccc(-c4ncon4)cc3Cl)c(-c3ccc(Cl)cc3)cc21. The Hall–Kier alpha value is -4.40. The van der Waals surface area contributed by atoms with Gasteiger partial charge in [-0.3, -0.25) is 4.79 Å². The van der Waals surface area contributed by atoms with Crippen LogP contribution in [-0.2, 0) is 0 Å². The van der Waals surface area contributed by atoms with Crippen LogP contribution >= 0.6 is 23.2 Å². The topological polar surface area (TPSA) is 110 Å². The second kappa shape index (κ2) is 12.4. The van der Waals surface area contributed by atoms with Crippen molar-refractivity contribution < 1.29 is 19.2 Å². The van der Waals surface area contributed by atoms with Gasteiger partial charge in [0, 0.05) is 33.8 Å². The predicted octanol–water partition coefficient (Wildman–Crippen LogP) is 8.97. The molecule has 8 nitrogen and oxygen atoms in total. The number of carbonyl (C=O) groups excluding carboxylic acids is 1. The lowest BCUT2D eigenvalue weighted by Crippen LogP contribution is -2.39. The number of aromatic hydroxyl groups is 1. The number of pyridine rings is 1. The minimum absolute atomic E-state index is 0.0425. The van der Waals surface area contributed by atoms with Gasteiger partial charge in [-0.1, -0.05) is 78.6 Å². The number of nitrogens with one attached hydrogen (secondary N) is 1. The number of phenols is 1. The number of carbonyl (C=O) groups is 1. The molecular weight excluding hydrogens is 623 g/mol. The highest BCUT2D eigenvalue weighted by atomic mass is 35.5. The first-order chi connectivity index (χ1) is 21.9. The normalized spacial score (nSPS) is 15.6. The van der Waals surface area contributed by atoms with Gasteiger partial charge in [0.15, 0.2) is 0 Å². The van der Waals surface area contributed by atoms with Gasteiger partial charge in [0.25, 0.3) is 5.91 Å². The highest BCUT2D eigenvalue weighted by molar-refractivity contribution is 6.33. The van der Waals surface area contributed by atoms with E-state index in [1.807, 2.05) is 36.4 Å². The lowest BCUT2D eigenvalue weighted by Gasteiger charge is -2.40. The van der Waals surface area contributed by atoms with Crippen molar-refractivity contribution in [3.05, 3.63) is 100 Å². The zero-order valence-corrected chi connectivity index (χ0v) is 27.5. The third kappa shape index (κ3) is 6.73. The molecule has 0 fully saturated rings. The highest BCUT2D eigenvalue weighted by Gasteiger charge is 2.38. The van der Waals surface area contributed by atoms with Crippen molar-refractivity contribution in [1.82, 2.24) is 20.4 Å². The fraction of sp³-hybridized carbons (Fsp3) is 0.278. The number of phenolic OH excluding ortho intramolecular Hbond substituents is 1. The number of benzene rings is 3. The van der Waals surface area contributed by atoms with E-state index in [-0.39, 0.29) is 28.6 Å². The first kappa shape index (κ1) is 31.6. The summed E-state index contributed by atoms with van der Waals surface area (Å²) in [4.78, 5) is 22.2. The molecule has 1 amide bonds. The molecule has 1 atom stereocenters. The van der Waals surface area contributed by atoms with Crippen molar-refractivity contribution in [2.24, 2.45) is 5.41 Å². The molecule has 2 aromatic heterocycles. The zero-order chi connectivity index (χ0) is 32.6. The maximum Gasteiger partial charge on any atom is 0.255 e. The number of nitrogens with zero attached hydrogens (tertiary/aromatic N) is 3. The molecule has 5 aromatic rings. The number of para-hydroxylation sites is 1. The Balaban J connectivity index is 1.38. The van der Waals surface area contributed by atoms with Gasteiger partial charge in [0.05, 0.1) is 16.3 Å². The van der Waals surface area contributed by atoms with Crippen molar-refractivity contribution in [3.63, 3.8) is 0 Å². The van der Waals surface area contributed by atoms with Crippen LogP contribution in [0.4, 0.5) is 0 Å². The third-order valence-electron chi connectivity index (χ3n) is 8.24. The lowest BCUT2D eigenvalue weighted by molar-refractivity contribution is 0.0572. The average molecular weight is 658 g/mol. The fourth-order valence-corrected chi connectivity index (χ4v) is 6.49. The number of hydrogen-bond acceptors (Lipinski definition) is 7. The first-order valence-electron chi connectivity index (χ1n) is 15.0. The molecule has 1 unspecified atom stereocenters. The summed E-state index contributed by atoms with van der Waals surface area (Å²) in [5.74, 6) is 0.731. The van der Waals surface area contributed by atoms with E-state index in [2.05, 4.69) is 49.2 Å². The number of halogens is 2. The van der Waals surface area contributed by atoms with Gasteiger partial charge in [0.1, 0.15) is 11.4 Å². The molecule has 46 heavy (non-hydrogen) atoms. The Morgan fingerprint density at radius 3 is 2.46 bits per heavy atom. The van der Waals surface area contributed by atoms with E-state index in [0.717, 1.165) is 40.7 Å². The van der Waals surface area contributed by atoms with Crippen molar-refractivity contribution in [2.45, 2.75) is 52.1 Å². The summed E-state index contributed by atoms with van der Waals surface area (Å²) in [5.41, 5.74) is 4.44.